The van der Waals surface area contributed by atoms with Crippen LogP contribution >= 0.6 is 15.9 Å². The fourth-order valence-electron chi connectivity index (χ4n) is 1.28. The molecule has 0 saturated carbocycles. The van der Waals surface area contributed by atoms with Gasteiger partial charge in [0.1, 0.15) is 0 Å². The van der Waals surface area contributed by atoms with Crippen molar-refractivity contribution in [3.05, 3.63) is 28.2 Å². The molecule has 0 unspecified atom stereocenters. The summed E-state index contributed by atoms with van der Waals surface area (Å²) in [6, 6.07) is 3.45. The summed E-state index contributed by atoms with van der Waals surface area (Å²) < 4.78 is 58.4. The zero-order valence-corrected chi connectivity index (χ0v) is 12.3. The van der Waals surface area contributed by atoms with E-state index in [0.717, 1.165) is 6.07 Å². The Hall–Kier alpha value is -1.13. The molecule has 1 rings (SSSR count). The third-order valence-corrected chi connectivity index (χ3v) is 3.51. The van der Waals surface area contributed by atoms with Gasteiger partial charge in [-0.3, -0.25) is 4.79 Å². The van der Waals surface area contributed by atoms with Crippen LogP contribution in [0.1, 0.15) is 16.8 Å². The molecule has 1 aromatic carbocycles. The Balaban J connectivity index is 2.86. The van der Waals surface area contributed by atoms with E-state index in [1.54, 1.807) is 0 Å². The van der Waals surface area contributed by atoms with E-state index in [-0.39, 0.29) is 14.9 Å². The Labute approximate surface area is 121 Å². The number of hydrogen-bond donors (Lipinski definition) is 2. The number of amides is 1. The van der Waals surface area contributed by atoms with Crippen LogP contribution in [-0.2, 0) is 10.0 Å². The summed E-state index contributed by atoms with van der Waals surface area (Å²) in [5, 5.41) is 6.97. The lowest BCUT2D eigenvalue weighted by molar-refractivity contribution is -0.132. The lowest BCUT2D eigenvalue weighted by atomic mass is 10.2. The van der Waals surface area contributed by atoms with Crippen molar-refractivity contribution in [1.82, 2.24) is 5.32 Å². The zero-order valence-electron chi connectivity index (χ0n) is 9.87. The van der Waals surface area contributed by atoms with Gasteiger partial charge in [0.25, 0.3) is 5.91 Å². The summed E-state index contributed by atoms with van der Waals surface area (Å²) >= 11 is 2.99. The van der Waals surface area contributed by atoms with Crippen LogP contribution < -0.4 is 10.5 Å². The van der Waals surface area contributed by atoms with Crippen molar-refractivity contribution >= 4 is 31.9 Å². The fourth-order valence-corrected chi connectivity index (χ4v) is 2.51. The van der Waals surface area contributed by atoms with E-state index in [4.69, 9.17) is 5.14 Å². The maximum absolute atomic E-state index is 11.9. The number of carbonyl (C=O) groups is 1. The van der Waals surface area contributed by atoms with Gasteiger partial charge in [0.05, 0.1) is 11.3 Å². The Morgan fingerprint density at radius 2 is 1.90 bits per heavy atom. The monoisotopic (exact) mass is 374 g/mol. The number of sulfonamides is 1. The van der Waals surface area contributed by atoms with E-state index < -0.39 is 35.1 Å². The van der Waals surface area contributed by atoms with Crippen LogP contribution in [0, 0.1) is 0 Å². The molecule has 0 aliphatic heterocycles. The highest BCUT2D eigenvalue weighted by Gasteiger charge is 2.26. The molecule has 0 fully saturated rings. The maximum Gasteiger partial charge on any atom is 0.390 e. The maximum atomic E-state index is 11.9. The second kappa shape index (κ2) is 6.10. The first-order valence-electron chi connectivity index (χ1n) is 5.17. The highest BCUT2D eigenvalue weighted by molar-refractivity contribution is 9.10. The van der Waals surface area contributed by atoms with Gasteiger partial charge in [0.15, 0.2) is 0 Å². The van der Waals surface area contributed by atoms with Crippen molar-refractivity contribution in [3.63, 3.8) is 0 Å². The molecule has 10 heteroatoms. The minimum absolute atomic E-state index is 0.106. The van der Waals surface area contributed by atoms with E-state index >= 15 is 0 Å². The molecule has 0 aliphatic rings. The number of carbonyl (C=O) groups excluding carboxylic acids is 1. The first kappa shape index (κ1) is 16.9. The minimum atomic E-state index is -4.38. The van der Waals surface area contributed by atoms with Crippen LogP contribution in [0.15, 0.2) is 27.6 Å². The second-order valence-corrected chi connectivity index (χ2v) is 6.32. The molecule has 0 aromatic heterocycles. The standard InChI is InChI=1S/C10H10BrF3N2O3S/c11-7-3-6(4-8(5-7)20(15,18)19)9(17)16-2-1-10(12,13)14/h3-5H,1-2H2,(H,16,17)(H2,15,18,19). The number of halogens is 4. The molecule has 0 aliphatic carbocycles. The van der Waals surface area contributed by atoms with Gasteiger partial charge < -0.3 is 5.32 Å². The van der Waals surface area contributed by atoms with Crippen LogP contribution in [0.3, 0.4) is 0 Å². The SMILES string of the molecule is NS(=O)(=O)c1cc(Br)cc(C(=O)NCCC(F)(F)F)c1. The molecular weight excluding hydrogens is 365 g/mol. The van der Waals surface area contributed by atoms with Crippen LogP contribution in [0.25, 0.3) is 0 Å². The Bertz CT molecular complexity index is 617. The van der Waals surface area contributed by atoms with E-state index in [1.807, 2.05) is 5.32 Å². The predicted octanol–water partition coefficient (Wildman–Crippen LogP) is 1.78. The molecule has 0 bridgehead atoms. The predicted molar refractivity (Wildman–Crippen MR) is 68.5 cm³/mol. The van der Waals surface area contributed by atoms with E-state index in [9.17, 15) is 26.4 Å². The number of benzene rings is 1. The van der Waals surface area contributed by atoms with E-state index in [0.29, 0.717) is 0 Å². The minimum Gasteiger partial charge on any atom is -0.352 e. The number of rotatable bonds is 4. The summed E-state index contributed by atoms with van der Waals surface area (Å²) in [7, 11) is -4.02. The fraction of sp³-hybridized carbons (Fsp3) is 0.300. The molecular formula is C10H10BrF3N2O3S. The smallest absolute Gasteiger partial charge is 0.352 e. The molecule has 3 N–H and O–H groups in total. The van der Waals surface area contributed by atoms with Crippen LogP contribution in [-0.4, -0.2) is 27.0 Å². The van der Waals surface area contributed by atoms with Gasteiger partial charge in [0, 0.05) is 16.6 Å². The lowest BCUT2D eigenvalue weighted by Crippen LogP contribution is -2.28. The lowest BCUT2D eigenvalue weighted by Gasteiger charge is -2.09. The quantitative estimate of drug-likeness (QED) is 0.841. The topological polar surface area (TPSA) is 89.3 Å². The average Bonchev–Trinajstić information content (AvgIpc) is 2.25. The molecule has 0 atom stereocenters. The van der Waals surface area contributed by atoms with Gasteiger partial charge >= 0.3 is 6.18 Å². The van der Waals surface area contributed by atoms with E-state index in [2.05, 4.69) is 15.9 Å². The summed E-state index contributed by atoms with van der Waals surface area (Å²) in [4.78, 5) is 11.3. The number of nitrogens with one attached hydrogen (secondary N) is 1. The van der Waals surface area contributed by atoms with Gasteiger partial charge in [-0.25, -0.2) is 13.6 Å². The van der Waals surface area contributed by atoms with Gasteiger partial charge in [-0.1, -0.05) is 15.9 Å². The van der Waals surface area contributed by atoms with Crippen molar-refractivity contribution in [2.45, 2.75) is 17.5 Å². The molecule has 0 spiro atoms. The molecule has 1 amide bonds. The van der Waals surface area contributed by atoms with Crippen LogP contribution in [0.5, 0.6) is 0 Å². The van der Waals surface area contributed by atoms with Gasteiger partial charge in [-0.15, -0.1) is 0 Å². The zero-order chi connectivity index (χ0) is 15.6. The number of hydrogen-bond acceptors (Lipinski definition) is 3. The molecule has 5 nitrogen and oxygen atoms in total. The number of primary sulfonamides is 1. The normalized spacial score (nSPS) is 12.2. The van der Waals surface area contributed by atoms with Gasteiger partial charge in [-0.05, 0) is 18.2 Å². The van der Waals surface area contributed by atoms with Gasteiger partial charge in [0.2, 0.25) is 10.0 Å². The number of nitrogens with two attached hydrogens (primary N) is 1. The first-order valence-corrected chi connectivity index (χ1v) is 7.51. The summed E-state index contributed by atoms with van der Waals surface area (Å²) in [5.74, 6) is -0.819. The van der Waals surface area contributed by atoms with Crippen LogP contribution in [0.2, 0.25) is 0 Å². The van der Waals surface area contributed by atoms with Crippen LogP contribution in [0.4, 0.5) is 13.2 Å². The van der Waals surface area contributed by atoms with Crippen molar-refractivity contribution in [2.75, 3.05) is 6.54 Å². The molecule has 20 heavy (non-hydrogen) atoms. The average molecular weight is 375 g/mol. The molecule has 1 aromatic rings. The third-order valence-electron chi connectivity index (χ3n) is 2.16. The van der Waals surface area contributed by atoms with Gasteiger partial charge in [-0.2, -0.15) is 13.2 Å². The van der Waals surface area contributed by atoms with Crippen molar-refractivity contribution < 1.29 is 26.4 Å². The molecule has 0 heterocycles. The highest BCUT2D eigenvalue weighted by Crippen LogP contribution is 2.20. The summed E-state index contributed by atoms with van der Waals surface area (Å²) in [5.41, 5.74) is -0.106. The summed E-state index contributed by atoms with van der Waals surface area (Å²) in [6.07, 6.45) is -5.55. The molecule has 0 saturated heterocycles. The van der Waals surface area contributed by atoms with Crippen molar-refractivity contribution in [3.8, 4) is 0 Å². The van der Waals surface area contributed by atoms with E-state index in [1.165, 1.54) is 12.1 Å². The third kappa shape index (κ3) is 5.47. The number of alkyl halides is 3. The van der Waals surface area contributed by atoms with Crippen molar-refractivity contribution in [1.29, 1.82) is 0 Å². The largest absolute Gasteiger partial charge is 0.390 e. The Morgan fingerprint density at radius 1 is 1.30 bits per heavy atom. The second-order valence-electron chi connectivity index (χ2n) is 3.84. The van der Waals surface area contributed by atoms with Crippen molar-refractivity contribution in [2.24, 2.45) is 5.14 Å². The highest BCUT2D eigenvalue weighted by atomic mass is 79.9. The molecule has 0 radical (unpaired) electrons. The molecule has 112 valence electrons. The first-order chi connectivity index (χ1) is 8.99. The Morgan fingerprint density at radius 3 is 2.40 bits per heavy atom. The summed E-state index contributed by atoms with van der Waals surface area (Å²) in [6.45, 7) is -0.598. The Kier molecular flexibility index (Phi) is 5.16.